The Balaban J connectivity index is 2.12. The molecule has 7 nitrogen and oxygen atoms in total. The van der Waals surface area contributed by atoms with Gasteiger partial charge in [0.25, 0.3) is 10.0 Å². The molecule has 8 heteroatoms. The fourth-order valence-electron chi connectivity index (χ4n) is 1.79. The standard InChI is InChI=1S/C10H15N3O4S/c1-6-11-5-9(12-6)18(16,17)13-8(4-10(14)15)7-2-3-7/h5,7-8,13H,2-4H2,1H3,(H,11,12)(H,14,15). The van der Waals surface area contributed by atoms with Gasteiger partial charge in [0.1, 0.15) is 5.82 Å². The Labute approximate surface area is 105 Å². The number of carboxylic acids is 1. The lowest BCUT2D eigenvalue weighted by Crippen LogP contribution is -2.38. The van der Waals surface area contributed by atoms with Crippen molar-refractivity contribution < 1.29 is 18.3 Å². The Morgan fingerprint density at radius 1 is 1.67 bits per heavy atom. The molecule has 100 valence electrons. The SMILES string of the molecule is Cc1ncc(S(=O)(=O)NC(CC(=O)O)C2CC2)[nH]1. The molecule has 1 aliphatic carbocycles. The summed E-state index contributed by atoms with van der Waals surface area (Å²) in [6.45, 7) is 1.65. The molecule has 1 heterocycles. The number of aromatic nitrogens is 2. The first-order chi connectivity index (χ1) is 8.38. The molecule has 1 atom stereocenters. The number of nitrogens with zero attached hydrogens (tertiary/aromatic N) is 1. The smallest absolute Gasteiger partial charge is 0.304 e. The van der Waals surface area contributed by atoms with Gasteiger partial charge in [-0.1, -0.05) is 0 Å². The van der Waals surface area contributed by atoms with Crippen LogP contribution >= 0.6 is 0 Å². The minimum atomic E-state index is -3.72. The van der Waals surface area contributed by atoms with Crippen LogP contribution in [-0.2, 0) is 14.8 Å². The Hall–Kier alpha value is -1.41. The van der Waals surface area contributed by atoms with Crippen molar-refractivity contribution in [2.24, 2.45) is 5.92 Å². The molecule has 0 saturated heterocycles. The molecule has 1 aromatic rings. The third-order valence-corrected chi connectivity index (χ3v) is 4.26. The van der Waals surface area contributed by atoms with E-state index < -0.39 is 22.0 Å². The topological polar surface area (TPSA) is 112 Å². The van der Waals surface area contributed by atoms with E-state index in [1.807, 2.05) is 0 Å². The molecule has 0 spiro atoms. The quantitative estimate of drug-likeness (QED) is 0.687. The molecule has 1 saturated carbocycles. The Morgan fingerprint density at radius 3 is 2.78 bits per heavy atom. The van der Waals surface area contributed by atoms with Crippen LogP contribution in [0.1, 0.15) is 25.1 Å². The minimum absolute atomic E-state index is 0.0314. The number of hydrogen-bond donors (Lipinski definition) is 3. The molecule has 0 amide bonds. The second kappa shape index (κ2) is 4.69. The van der Waals surface area contributed by atoms with Gasteiger partial charge in [-0.3, -0.25) is 4.79 Å². The Kier molecular flexibility index (Phi) is 3.40. The summed E-state index contributed by atoms with van der Waals surface area (Å²) >= 11 is 0. The highest BCUT2D eigenvalue weighted by molar-refractivity contribution is 7.89. The summed E-state index contributed by atoms with van der Waals surface area (Å²) in [5.74, 6) is -0.383. The molecule has 1 fully saturated rings. The van der Waals surface area contributed by atoms with Crippen LogP contribution in [-0.4, -0.2) is 35.5 Å². The van der Waals surface area contributed by atoms with Gasteiger partial charge in [-0.2, -0.15) is 0 Å². The van der Waals surface area contributed by atoms with Crippen LogP contribution in [0.15, 0.2) is 11.2 Å². The summed E-state index contributed by atoms with van der Waals surface area (Å²) in [7, 11) is -3.72. The predicted octanol–water partition coefficient (Wildman–Crippen LogP) is 0.250. The van der Waals surface area contributed by atoms with Crippen molar-refractivity contribution in [2.75, 3.05) is 0 Å². The molecule has 0 aliphatic heterocycles. The molecule has 1 unspecified atom stereocenters. The zero-order chi connectivity index (χ0) is 13.3. The van der Waals surface area contributed by atoms with Crippen LogP contribution in [0, 0.1) is 12.8 Å². The van der Waals surface area contributed by atoms with Crippen molar-refractivity contribution >= 4 is 16.0 Å². The maximum absolute atomic E-state index is 12.0. The summed E-state index contributed by atoms with van der Waals surface area (Å²) in [6, 6.07) is -0.545. The first-order valence-corrected chi connectivity index (χ1v) is 7.12. The van der Waals surface area contributed by atoms with Crippen LogP contribution in [0.2, 0.25) is 0 Å². The van der Waals surface area contributed by atoms with Gasteiger partial charge < -0.3 is 10.1 Å². The van der Waals surface area contributed by atoms with E-state index in [2.05, 4.69) is 14.7 Å². The lowest BCUT2D eigenvalue weighted by atomic mass is 10.1. The highest BCUT2D eigenvalue weighted by Gasteiger charge is 2.36. The summed E-state index contributed by atoms with van der Waals surface area (Å²) in [5, 5.41) is 8.75. The summed E-state index contributed by atoms with van der Waals surface area (Å²) in [6.07, 6.45) is 2.75. The van der Waals surface area contributed by atoms with E-state index in [9.17, 15) is 13.2 Å². The van der Waals surface area contributed by atoms with Gasteiger partial charge in [-0.05, 0) is 25.7 Å². The molecule has 1 aromatic heterocycles. The van der Waals surface area contributed by atoms with Crippen LogP contribution in [0.5, 0.6) is 0 Å². The van der Waals surface area contributed by atoms with Gasteiger partial charge in [0.2, 0.25) is 0 Å². The molecule has 0 radical (unpaired) electrons. The molecule has 2 rings (SSSR count). The van der Waals surface area contributed by atoms with E-state index in [1.165, 1.54) is 6.20 Å². The van der Waals surface area contributed by atoms with Crippen LogP contribution in [0.25, 0.3) is 0 Å². The van der Waals surface area contributed by atoms with Crippen LogP contribution in [0.4, 0.5) is 0 Å². The largest absolute Gasteiger partial charge is 0.481 e. The fourth-order valence-corrected chi connectivity index (χ4v) is 3.06. The highest BCUT2D eigenvalue weighted by atomic mass is 32.2. The van der Waals surface area contributed by atoms with E-state index in [0.29, 0.717) is 5.82 Å². The first kappa shape index (κ1) is 13.0. The number of imidazole rings is 1. The van der Waals surface area contributed by atoms with E-state index in [-0.39, 0.29) is 17.4 Å². The number of sulfonamides is 1. The second-order valence-electron chi connectivity index (χ2n) is 4.50. The molecule has 0 aromatic carbocycles. The number of rotatable bonds is 6. The second-order valence-corrected chi connectivity index (χ2v) is 6.18. The van der Waals surface area contributed by atoms with Crippen molar-refractivity contribution in [1.29, 1.82) is 0 Å². The number of carbonyl (C=O) groups is 1. The molecule has 1 aliphatic rings. The van der Waals surface area contributed by atoms with Crippen LogP contribution in [0.3, 0.4) is 0 Å². The average Bonchev–Trinajstić information content (AvgIpc) is 2.99. The highest BCUT2D eigenvalue weighted by Crippen LogP contribution is 2.34. The minimum Gasteiger partial charge on any atom is -0.481 e. The van der Waals surface area contributed by atoms with Gasteiger partial charge in [-0.15, -0.1) is 0 Å². The van der Waals surface area contributed by atoms with Gasteiger partial charge in [0, 0.05) is 6.04 Å². The lowest BCUT2D eigenvalue weighted by molar-refractivity contribution is -0.137. The third kappa shape index (κ3) is 3.08. The Morgan fingerprint density at radius 2 is 2.33 bits per heavy atom. The predicted molar refractivity (Wildman–Crippen MR) is 62.4 cm³/mol. The van der Waals surface area contributed by atoms with Crippen molar-refractivity contribution in [3.63, 3.8) is 0 Å². The zero-order valence-electron chi connectivity index (χ0n) is 9.88. The number of aryl methyl sites for hydroxylation is 1. The monoisotopic (exact) mass is 273 g/mol. The number of carboxylic acid groups (broad SMARTS) is 1. The van der Waals surface area contributed by atoms with E-state index in [1.54, 1.807) is 6.92 Å². The van der Waals surface area contributed by atoms with E-state index in [4.69, 9.17) is 5.11 Å². The van der Waals surface area contributed by atoms with Crippen molar-refractivity contribution in [3.05, 3.63) is 12.0 Å². The van der Waals surface area contributed by atoms with Crippen molar-refractivity contribution in [1.82, 2.24) is 14.7 Å². The van der Waals surface area contributed by atoms with Gasteiger partial charge in [0.15, 0.2) is 5.03 Å². The summed E-state index contributed by atoms with van der Waals surface area (Å²) in [5.41, 5.74) is 0. The van der Waals surface area contributed by atoms with Gasteiger partial charge in [-0.25, -0.2) is 18.1 Å². The molecule has 0 bridgehead atoms. The van der Waals surface area contributed by atoms with Crippen molar-refractivity contribution in [3.8, 4) is 0 Å². The van der Waals surface area contributed by atoms with E-state index in [0.717, 1.165) is 12.8 Å². The normalized spacial score (nSPS) is 17.6. The third-order valence-electron chi connectivity index (χ3n) is 2.86. The number of hydrogen-bond acceptors (Lipinski definition) is 4. The Bertz CT molecular complexity index is 547. The maximum Gasteiger partial charge on any atom is 0.304 e. The zero-order valence-corrected chi connectivity index (χ0v) is 10.7. The molecule has 18 heavy (non-hydrogen) atoms. The summed E-state index contributed by atoms with van der Waals surface area (Å²) in [4.78, 5) is 17.2. The number of aromatic amines is 1. The molecular formula is C10H15N3O4S. The van der Waals surface area contributed by atoms with Gasteiger partial charge in [0.05, 0.1) is 12.6 Å². The molecule has 3 N–H and O–H groups in total. The maximum atomic E-state index is 12.0. The van der Waals surface area contributed by atoms with Crippen molar-refractivity contribution in [2.45, 2.75) is 37.3 Å². The summed E-state index contributed by atoms with van der Waals surface area (Å²) < 4.78 is 26.4. The number of aliphatic carboxylic acids is 1. The average molecular weight is 273 g/mol. The van der Waals surface area contributed by atoms with Gasteiger partial charge >= 0.3 is 5.97 Å². The lowest BCUT2D eigenvalue weighted by Gasteiger charge is -2.15. The fraction of sp³-hybridized carbons (Fsp3) is 0.600. The molecular weight excluding hydrogens is 258 g/mol. The van der Waals surface area contributed by atoms with E-state index >= 15 is 0 Å². The number of nitrogens with one attached hydrogen (secondary N) is 2. The number of H-pyrrole nitrogens is 1. The first-order valence-electron chi connectivity index (χ1n) is 5.64. The van der Waals surface area contributed by atoms with Crippen LogP contribution < -0.4 is 4.72 Å².